The van der Waals surface area contributed by atoms with Crippen molar-refractivity contribution in [3.8, 4) is 0 Å². The average molecular weight is 401 g/mol. The Morgan fingerprint density at radius 3 is 1.81 bits per heavy atom. The molecule has 1 rings (SSSR count). The molecule has 156 valence electrons. The van der Waals surface area contributed by atoms with Crippen molar-refractivity contribution in [3.63, 3.8) is 0 Å². The van der Waals surface area contributed by atoms with Gasteiger partial charge in [-0.1, -0.05) is 32.9 Å². The molecule has 0 radical (unpaired) electrons. The van der Waals surface area contributed by atoms with Gasteiger partial charge >= 0.3 is 0 Å². The van der Waals surface area contributed by atoms with Crippen LogP contribution in [-0.4, -0.2) is 48.5 Å². The van der Waals surface area contributed by atoms with Crippen LogP contribution in [0, 0.1) is 11.2 Å². The highest BCUT2D eigenvalue weighted by atomic mass is 32.2. The highest BCUT2D eigenvalue weighted by Gasteiger charge is 2.34. The first-order valence-corrected chi connectivity index (χ1v) is 11.4. The van der Waals surface area contributed by atoms with Crippen LogP contribution >= 0.6 is 0 Å². The molecule has 0 aliphatic rings. The number of nitrogens with zero attached hydrogens (tertiary/aromatic N) is 2. The Balaban J connectivity index is 3.17. The van der Waals surface area contributed by atoms with Crippen LogP contribution in [-0.2, 0) is 10.0 Å². The molecule has 0 fully saturated rings. The molecule has 4 nitrogen and oxygen atoms in total. The van der Waals surface area contributed by atoms with Crippen molar-refractivity contribution >= 4 is 10.0 Å². The van der Waals surface area contributed by atoms with E-state index in [4.69, 9.17) is 0 Å². The Kier molecular flexibility index (Phi) is 7.64. The molecule has 0 N–H and O–H groups in total. The van der Waals surface area contributed by atoms with Gasteiger partial charge in [-0.2, -0.15) is 4.31 Å². The lowest BCUT2D eigenvalue weighted by Crippen LogP contribution is -2.51. The molecule has 0 aromatic heterocycles. The molecule has 2 atom stereocenters. The predicted octanol–water partition coefficient (Wildman–Crippen LogP) is 4.68. The zero-order chi connectivity index (χ0) is 21.2. The summed E-state index contributed by atoms with van der Waals surface area (Å²) in [5.41, 5.74) is 0.559. The van der Waals surface area contributed by atoms with Gasteiger partial charge in [-0.3, -0.25) is 4.90 Å². The van der Waals surface area contributed by atoms with Crippen molar-refractivity contribution in [2.24, 2.45) is 5.41 Å². The van der Waals surface area contributed by atoms with Crippen molar-refractivity contribution in [1.29, 1.82) is 0 Å². The van der Waals surface area contributed by atoms with Gasteiger partial charge in [-0.25, -0.2) is 12.8 Å². The molecule has 0 amide bonds. The quantitative estimate of drug-likeness (QED) is 0.667. The van der Waals surface area contributed by atoms with E-state index in [0.29, 0.717) is 13.1 Å². The van der Waals surface area contributed by atoms with Crippen LogP contribution in [0.2, 0.25) is 0 Å². The van der Waals surface area contributed by atoms with Gasteiger partial charge in [-0.15, -0.1) is 0 Å². The Hall–Kier alpha value is -0.980. The maximum absolute atomic E-state index is 13.3. The van der Waals surface area contributed by atoms with E-state index in [0.717, 1.165) is 5.56 Å². The van der Waals surface area contributed by atoms with Crippen LogP contribution < -0.4 is 0 Å². The van der Waals surface area contributed by atoms with E-state index in [9.17, 15) is 12.8 Å². The lowest BCUT2D eigenvalue weighted by molar-refractivity contribution is 0.0653. The number of benzene rings is 1. The maximum Gasteiger partial charge on any atom is 0.211 e. The number of rotatable bonds is 7. The first kappa shape index (κ1) is 24.1. The summed E-state index contributed by atoms with van der Waals surface area (Å²) in [7, 11) is -3.32. The lowest BCUT2D eigenvalue weighted by atomic mass is 9.85. The van der Waals surface area contributed by atoms with Gasteiger partial charge in [0.15, 0.2) is 0 Å². The molecule has 0 saturated heterocycles. The van der Waals surface area contributed by atoms with E-state index in [1.54, 1.807) is 16.4 Å². The molecule has 0 bridgehead atoms. The summed E-state index contributed by atoms with van der Waals surface area (Å²) in [4.78, 5) is 2.32. The minimum Gasteiger partial charge on any atom is -0.292 e. The smallest absolute Gasteiger partial charge is 0.211 e. The van der Waals surface area contributed by atoms with Crippen molar-refractivity contribution in [2.45, 2.75) is 73.0 Å². The number of sulfonamides is 1. The third-order valence-electron chi connectivity index (χ3n) is 5.31. The first-order chi connectivity index (χ1) is 12.0. The third-order valence-corrected chi connectivity index (χ3v) is 6.84. The van der Waals surface area contributed by atoms with Crippen LogP contribution in [0.3, 0.4) is 0 Å². The fourth-order valence-corrected chi connectivity index (χ4v) is 4.77. The van der Waals surface area contributed by atoms with Crippen LogP contribution in [0.4, 0.5) is 4.39 Å². The standard InChI is InChI=1S/C21H37FN2O2S/c1-16(18-10-12-19(22)13-11-18)23(17(2)20(3,4)5)14-15-24(21(6,7)8)27(9,25)26/h10-13,16-17H,14-15H2,1-9H3/t16-,17?/m1/s1. The van der Waals surface area contributed by atoms with E-state index in [-0.39, 0.29) is 23.3 Å². The second kappa shape index (κ2) is 8.58. The van der Waals surface area contributed by atoms with Crippen LogP contribution in [0.1, 0.15) is 67.0 Å². The normalized spacial score (nSPS) is 16.0. The largest absolute Gasteiger partial charge is 0.292 e. The zero-order valence-electron chi connectivity index (χ0n) is 18.4. The van der Waals surface area contributed by atoms with Crippen molar-refractivity contribution in [2.75, 3.05) is 19.3 Å². The monoisotopic (exact) mass is 400 g/mol. The molecule has 1 aromatic rings. The average Bonchev–Trinajstić information content (AvgIpc) is 2.47. The Labute approximate surface area is 165 Å². The van der Waals surface area contributed by atoms with Crippen LogP contribution in [0.5, 0.6) is 0 Å². The number of hydrogen-bond donors (Lipinski definition) is 0. The van der Waals surface area contributed by atoms with Crippen LogP contribution in [0.25, 0.3) is 0 Å². The topological polar surface area (TPSA) is 40.6 Å². The predicted molar refractivity (Wildman–Crippen MR) is 112 cm³/mol. The van der Waals surface area contributed by atoms with Crippen molar-refractivity contribution in [1.82, 2.24) is 9.21 Å². The van der Waals surface area contributed by atoms with Crippen molar-refractivity contribution in [3.05, 3.63) is 35.6 Å². The summed E-state index contributed by atoms with van der Waals surface area (Å²) >= 11 is 0. The molecule has 0 heterocycles. The maximum atomic E-state index is 13.3. The summed E-state index contributed by atoms with van der Waals surface area (Å²) in [5, 5.41) is 0. The van der Waals surface area contributed by atoms with Gasteiger partial charge in [0, 0.05) is 30.7 Å². The summed E-state index contributed by atoms with van der Waals surface area (Å²) in [6, 6.07) is 6.81. The number of halogens is 1. The minimum absolute atomic E-state index is 0.0198. The molecule has 27 heavy (non-hydrogen) atoms. The fraction of sp³-hybridized carbons (Fsp3) is 0.714. The highest BCUT2D eigenvalue weighted by molar-refractivity contribution is 7.88. The minimum atomic E-state index is -3.32. The zero-order valence-corrected chi connectivity index (χ0v) is 19.2. The SMILES string of the molecule is CC(N(CCN(C(C)(C)C)S(C)(=O)=O)[C@H](C)c1ccc(F)cc1)C(C)(C)C. The Bertz CT molecular complexity index is 703. The molecule has 1 unspecified atom stereocenters. The Morgan fingerprint density at radius 1 is 0.963 bits per heavy atom. The van der Waals surface area contributed by atoms with E-state index in [1.807, 2.05) is 20.8 Å². The molecular weight excluding hydrogens is 363 g/mol. The molecule has 0 saturated carbocycles. The summed E-state index contributed by atoms with van der Waals surface area (Å²) < 4.78 is 39.5. The van der Waals surface area contributed by atoms with Gasteiger partial charge < -0.3 is 0 Å². The molecule has 0 spiro atoms. The summed E-state index contributed by atoms with van der Waals surface area (Å²) in [5.74, 6) is -0.252. The molecule has 1 aromatic carbocycles. The molecular formula is C21H37FN2O2S. The molecule has 0 aliphatic heterocycles. The summed E-state index contributed by atoms with van der Waals surface area (Å²) in [6.07, 6.45) is 1.26. The fourth-order valence-electron chi connectivity index (χ4n) is 3.36. The van der Waals surface area contributed by atoms with Gasteiger partial charge in [-0.05, 0) is 57.7 Å². The van der Waals surface area contributed by atoms with Crippen LogP contribution in [0.15, 0.2) is 24.3 Å². The summed E-state index contributed by atoms with van der Waals surface area (Å²) in [6.45, 7) is 17.5. The first-order valence-electron chi connectivity index (χ1n) is 9.54. The van der Waals surface area contributed by atoms with E-state index >= 15 is 0 Å². The Morgan fingerprint density at radius 2 is 1.44 bits per heavy atom. The van der Waals surface area contributed by atoms with E-state index in [1.165, 1.54) is 18.4 Å². The lowest BCUT2D eigenvalue weighted by Gasteiger charge is -2.43. The third kappa shape index (κ3) is 6.84. The van der Waals surface area contributed by atoms with Gasteiger partial charge in [0.25, 0.3) is 0 Å². The highest BCUT2D eigenvalue weighted by Crippen LogP contribution is 2.31. The second-order valence-corrected chi connectivity index (χ2v) is 11.4. The molecule has 0 aliphatic carbocycles. The number of hydrogen-bond acceptors (Lipinski definition) is 3. The van der Waals surface area contributed by atoms with Gasteiger partial charge in [0.05, 0.1) is 6.26 Å². The van der Waals surface area contributed by atoms with Gasteiger partial charge in [0.1, 0.15) is 5.82 Å². The van der Waals surface area contributed by atoms with Gasteiger partial charge in [0.2, 0.25) is 10.0 Å². The van der Waals surface area contributed by atoms with E-state index in [2.05, 4.69) is 39.5 Å². The second-order valence-electron chi connectivity index (χ2n) is 9.51. The van der Waals surface area contributed by atoms with Crippen molar-refractivity contribution < 1.29 is 12.8 Å². The molecule has 6 heteroatoms. The van der Waals surface area contributed by atoms with E-state index < -0.39 is 15.6 Å².